The smallest absolute Gasteiger partial charge is 0.265 e. The highest BCUT2D eigenvalue weighted by Gasteiger charge is 2.20. The van der Waals surface area contributed by atoms with Gasteiger partial charge in [0.2, 0.25) is 0 Å². The summed E-state index contributed by atoms with van der Waals surface area (Å²) in [6.07, 6.45) is 0. The predicted octanol–water partition coefficient (Wildman–Crippen LogP) is 2.69. The third-order valence-electron chi connectivity index (χ3n) is 2.87. The summed E-state index contributed by atoms with van der Waals surface area (Å²) in [7, 11) is -0.891. The van der Waals surface area contributed by atoms with Gasteiger partial charge in [0, 0.05) is 11.8 Å². The molecule has 0 bridgehead atoms. The number of rotatable bonds is 5. The second kappa shape index (κ2) is 6.05. The first kappa shape index (κ1) is 15.2. The fraction of sp³-hybridized carbons (Fsp3) is 0.133. The Balaban J connectivity index is 2.41. The van der Waals surface area contributed by atoms with Crippen LogP contribution in [0, 0.1) is 6.92 Å². The van der Waals surface area contributed by atoms with E-state index in [9.17, 15) is 8.42 Å². The van der Waals surface area contributed by atoms with Gasteiger partial charge in [-0.1, -0.05) is 12.1 Å². The van der Waals surface area contributed by atoms with Crippen LogP contribution in [-0.2, 0) is 10.0 Å². The summed E-state index contributed by atoms with van der Waals surface area (Å²) in [5.74, 6) is 0.682. The lowest BCUT2D eigenvalue weighted by molar-refractivity contribution is 0.392. The van der Waals surface area contributed by atoms with E-state index in [1.165, 1.54) is 20.3 Å². The Labute approximate surface area is 124 Å². The van der Waals surface area contributed by atoms with Gasteiger partial charge in [-0.25, -0.2) is 8.42 Å². The molecular weight excluding hydrogens is 290 g/mol. The lowest BCUT2D eigenvalue weighted by atomic mass is 10.2. The molecule has 111 valence electrons. The Morgan fingerprint density at radius 1 is 1.00 bits per heavy atom. The molecule has 0 aromatic heterocycles. The van der Waals surface area contributed by atoms with Crippen molar-refractivity contribution >= 4 is 15.7 Å². The predicted molar refractivity (Wildman–Crippen MR) is 81.3 cm³/mol. The number of sulfonamides is 1. The van der Waals surface area contributed by atoms with Crippen LogP contribution in [-0.4, -0.2) is 22.6 Å². The maximum atomic E-state index is 12.5. The molecule has 1 radical (unpaired) electrons. The maximum Gasteiger partial charge on any atom is 0.265 e. The SMILES string of the molecule is [CH2]c1ccc(NS(=O)(=O)c2cc(OC)ccc2OC)cc1. The quantitative estimate of drug-likeness (QED) is 0.922. The first-order chi connectivity index (χ1) is 9.96. The molecule has 6 heteroatoms. The van der Waals surface area contributed by atoms with Gasteiger partial charge in [-0.3, -0.25) is 4.72 Å². The second-order valence-electron chi connectivity index (χ2n) is 4.32. The van der Waals surface area contributed by atoms with Crippen LogP contribution >= 0.6 is 0 Å². The highest BCUT2D eigenvalue weighted by Crippen LogP contribution is 2.29. The summed E-state index contributed by atoms with van der Waals surface area (Å²) >= 11 is 0. The van der Waals surface area contributed by atoms with Crippen molar-refractivity contribution in [1.82, 2.24) is 0 Å². The van der Waals surface area contributed by atoms with Crippen LogP contribution in [0.4, 0.5) is 5.69 Å². The van der Waals surface area contributed by atoms with Crippen LogP contribution in [0.5, 0.6) is 11.5 Å². The summed E-state index contributed by atoms with van der Waals surface area (Å²) in [5, 5.41) is 0. The average molecular weight is 306 g/mol. The molecule has 5 nitrogen and oxygen atoms in total. The van der Waals surface area contributed by atoms with Crippen molar-refractivity contribution in [2.45, 2.75) is 4.90 Å². The summed E-state index contributed by atoms with van der Waals surface area (Å²) in [4.78, 5) is 0.0167. The number of nitrogens with one attached hydrogen (secondary N) is 1. The third-order valence-corrected chi connectivity index (χ3v) is 4.27. The van der Waals surface area contributed by atoms with Crippen molar-refractivity contribution in [3.8, 4) is 11.5 Å². The molecule has 2 aromatic carbocycles. The lowest BCUT2D eigenvalue weighted by Gasteiger charge is -2.13. The third kappa shape index (κ3) is 3.46. The number of benzene rings is 2. The summed E-state index contributed by atoms with van der Waals surface area (Å²) in [6.45, 7) is 3.75. The Morgan fingerprint density at radius 3 is 2.24 bits per heavy atom. The van der Waals surface area contributed by atoms with Crippen LogP contribution in [0.1, 0.15) is 5.56 Å². The standard InChI is InChI=1S/C15H16NO4S/c1-11-4-6-12(7-5-11)16-21(17,18)15-10-13(19-2)8-9-14(15)20-3/h4-10,16H,1H2,2-3H3. The van der Waals surface area contributed by atoms with Crippen molar-refractivity contribution in [3.05, 3.63) is 55.0 Å². The van der Waals surface area contributed by atoms with E-state index in [1.807, 2.05) is 0 Å². The van der Waals surface area contributed by atoms with Crippen LogP contribution in [0.15, 0.2) is 47.4 Å². The number of anilines is 1. The van der Waals surface area contributed by atoms with Gasteiger partial charge in [-0.05, 0) is 36.8 Å². The van der Waals surface area contributed by atoms with Gasteiger partial charge in [-0.15, -0.1) is 0 Å². The topological polar surface area (TPSA) is 64.6 Å². The van der Waals surface area contributed by atoms with Crippen LogP contribution in [0.2, 0.25) is 0 Å². The zero-order valence-corrected chi connectivity index (χ0v) is 12.6. The Hall–Kier alpha value is -2.21. The number of methoxy groups -OCH3 is 2. The molecule has 21 heavy (non-hydrogen) atoms. The highest BCUT2D eigenvalue weighted by molar-refractivity contribution is 7.92. The van der Waals surface area contributed by atoms with Crippen LogP contribution in [0.3, 0.4) is 0 Å². The van der Waals surface area contributed by atoms with E-state index >= 15 is 0 Å². The average Bonchev–Trinajstić information content (AvgIpc) is 2.48. The van der Waals surface area contributed by atoms with Gasteiger partial charge in [0.25, 0.3) is 10.0 Å². The molecule has 1 N–H and O–H groups in total. The maximum absolute atomic E-state index is 12.5. The van der Waals surface area contributed by atoms with E-state index in [0.717, 1.165) is 5.56 Å². The van der Waals surface area contributed by atoms with Crippen molar-refractivity contribution in [3.63, 3.8) is 0 Å². The molecule has 0 atom stereocenters. The fourth-order valence-corrected chi connectivity index (χ4v) is 3.02. The highest BCUT2D eigenvalue weighted by atomic mass is 32.2. The molecule has 2 rings (SSSR count). The number of hydrogen-bond donors (Lipinski definition) is 1. The minimum absolute atomic E-state index is 0.0167. The van der Waals surface area contributed by atoms with Crippen molar-refractivity contribution in [2.24, 2.45) is 0 Å². The lowest BCUT2D eigenvalue weighted by Crippen LogP contribution is -2.14. The van der Waals surface area contributed by atoms with E-state index in [4.69, 9.17) is 9.47 Å². The monoisotopic (exact) mass is 306 g/mol. The Bertz CT molecular complexity index is 724. The zero-order valence-electron chi connectivity index (χ0n) is 11.8. The Morgan fingerprint density at radius 2 is 1.67 bits per heavy atom. The molecule has 0 fully saturated rings. The fourth-order valence-electron chi connectivity index (χ4n) is 1.78. The number of ether oxygens (including phenoxy) is 2. The molecule has 0 aliphatic carbocycles. The van der Waals surface area contributed by atoms with Crippen LogP contribution in [0.25, 0.3) is 0 Å². The molecule has 0 unspecified atom stereocenters. The van der Waals surface area contributed by atoms with Gasteiger partial charge in [0.15, 0.2) is 0 Å². The molecule has 0 aliphatic heterocycles. The minimum Gasteiger partial charge on any atom is -0.497 e. The summed E-state index contributed by atoms with van der Waals surface area (Å²) in [5.41, 5.74) is 1.25. The molecule has 0 saturated carbocycles. The van der Waals surface area contributed by atoms with Gasteiger partial charge in [0.1, 0.15) is 16.4 Å². The first-order valence-corrected chi connectivity index (χ1v) is 7.61. The van der Waals surface area contributed by atoms with Gasteiger partial charge >= 0.3 is 0 Å². The first-order valence-electron chi connectivity index (χ1n) is 6.13. The van der Waals surface area contributed by atoms with Gasteiger partial charge in [0.05, 0.1) is 14.2 Å². The molecule has 0 saturated heterocycles. The van der Waals surface area contributed by atoms with Crippen molar-refractivity contribution < 1.29 is 17.9 Å². The molecule has 0 aliphatic rings. The van der Waals surface area contributed by atoms with E-state index < -0.39 is 10.0 Å². The van der Waals surface area contributed by atoms with Gasteiger partial charge < -0.3 is 9.47 Å². The molecular formula is C15H16NO4S. The van der Waals surface area contributed by atoms with E-state index in [0.29, 0.717) is 11.4 Å². The molecule has 0 spiro atoms. The van der Waals surface area contributed by atoms with Crippen molar-refractivity contribution in [1.29, 1.82) is 0 Å². The zero-order chi connectivity index (χ0) is 15.5. The van der Waals surface area contributed by atoms with E-state index in [1.54, 1.807) is 36.4 Å². The Kier molecular flexibility index (Phi) is 4.37. The molecule has 2 aromatic rings. The summed E-state index contributed by atoms with van der Waals surface area (Å²) < 4.78 is 37.6. The largest absolute Gasteiger partial charge is 0.497 e. The van der Waals surface area contributed by atoms with E-state index in [-0.39, 0.29) is 10.6 Å². The van der Waals surface area contributed by atoms with Crippen molar-refractivity contribution in [2.75, 3.05) is 18.9 Å². The minimum atomic E-state index is -3.78. The summed E-state index contributed by atoms with van der Waals surface area (Å²) in [6, 6.07) is 11.3. The number of hydrogen-bond acceptors (Lipinski definition) is 4. The van der Waals surface area contributed by atoms with E-state index in [2.05, 4.69) is 11.6 Å². The van der Waals surface area contributed by atoms with Gasteiger partial charge in [-0.2, -0.15) is 0 Å². The molecule has 0 heterocycles. The molecule has 0 amide bonds. The second-order valence-corrected chi connectivity index (χ2v) is 5.97. The van der Waals surface area contributed by atoms with Crippen LogP contribution < -0.4 is 14.2 Å². The normalized spacial score (nSPS) is 11.0.